The van der Waals surface area contributed by atoms with E-state index in [-0.39, 0.29) is 5.78 Å². The molecule has 2 aliphatic heterocycles. The van der Waals surface area contributed by atoms with Gasteiger partial charge in [0.15, 0.2) is 5.78 Å². The van der Waals surface area contributed by atoms with Gasteiger partial charge in [-0.25, -0.2) is 0 Å². The van der Waals surface area contributed by atoms with Crippen LogP contribution in [0.5, 0.6) is 0 Å². The number of piperidine rings is 1. The van der Waals surface area contributed by atoms with Crippen LogP contribution in [-0.4, -0.2) is 42.5 Å². The van der Waals surface area contributed by atoms with Crippen molar-refractivity contribution in [3.8, 4) is 0 Å². The number of halogens is 1. The number of benzene rings is 1. The smallest absolute Gasteiger partial charge is 0.423 e. The van der Waals surface area contributed by atoms with Gasteiger partial charge in [-0.3, -0.25) is 4.79 Å². The molecule has 1 N–H and O–H groups in total. The normalized spacial score (nSPS) is 18.3. The molecule has 1 fully saturated rings. The molecule has 0 amide bonds. The largest absolute Gasteiger partial charge is 0.491 e. The van der Waals surface area contributed by atoms with Crippen molar-refractivity contribution in [3.63, 3.8) is 0 Å². The zero-order valence-electron chi connectivity index (χ0n) is 13.4. The maximum absolute atomic E-state index is 12.4. The number of unbranched alkanes of at least 4 members (excludes halogenated alkanes) is 1. The van der Waals surface area contributed by atoms with Crippen LogP contribution in [0.2, 0.25) is 5.02 Å². The topological polar surface area (TPSA) is 49.8 Å². The summed E-state index contributed by atoms with van der Waals surface area (Å²) in [5.41, 5.74) is 2.04. The maximum Gasteiger partial charge on any atom is 0.491 e. The highest BCUT2D eigenvalue weighted by atomic mass is 35.5. The van der Waals surface area contributed by atoms with Gasteiger partial charge in [-0.15, -0.1) is 0 Å². The lowest BCUT2D eigenvalue weighted by Gasteiger charge is -2.26. The molecule has 0 spiro atoms. The third-order valence-corrected chi connectivity index (χ3v) is 5.08. The Bertz CT molecular complexity index is 575. The summed E-state index contributed by atoms with van der Waals surface area (Å²) in [5.74, 6) is 0.0514. The Labute approximate surface area is 142 Å². The molecule has 0 aliphatic carbocycles. The van der Waals surface area contributed by atoms with Crippen molar-refractivity contribution >= 4 is 30.0 Å². The zero-order chi connectivity index (χ0) is 16.2. The SMILES string of the molecule is O=C(CCCCN1CCCCC1)c1cc2c(cc1Cl)COB2O. The summed E-state index contributed by atoms with van der Waals surface area (Å²) in [5, 5.41) is 10.2. The molecule has 124 valence electrons. The second-order valence-corrected chi connectivity index (χ2v) is 6.88. The second kappa shape index (κ2) is 7.80. The molecule has 0 aromatic heterocycles. The fraction of sp³-hybridized carbons (Fsp3) is 0.588. The molecule has 2 heterocycles. The third kappa shape index (κ3) is 4.15. The Kier molecular flexibility index (Phi) is 5.75. The molecule has 1 aromatic rings. The summed E-state index contributed by atoms with van der Waals surface area (Å²) >= 11 is 6.22. The van der Waals surface area contributed by atoms with E-state index in [0.29, 0.717) is 29.1 Å². The monoisotopic (exact) mass is 335 g/mol. The van der Waals surface area contributed by atoms with Crippen LogP contribution < -0.4 is 5.46 Å². The number of rotatable bonds is 6. The van der Waals surface area contributed by atoms with Crippen LogP contribution in [0.4, 0.5) is 0 Å². The minimum atomic E-state index is -0.937. The number of nitrogens with zero attached hydrogens (tertiary/aromatic N) is 1. The number of ketones is 1. The number of carbonyl (C=O) groups is 1. The van der Waals surface area contributed by atoms with E-state index in [0.717, 1.165) is 24.9 Å². The summed E-state index contributed by atoms with van der Waals surface area (Å²) in [6.07, 6.45) is 6.37. The molecule has 1 aromatic carbocycles. The average Bonchev–Trinajstić information content (AvgIpc) is 2.92. The first-order chi connectivity index (χ1) is 11.1. The van der Waals surface area contributed by atoms with E-state index in [4.69, 9.17) is 16.3 Å². The number of Topliss-reactive ketones (excluding diaryl/α,β-unsaturated/α-hetero) is 1. The van der Waals surface area contributed by atoms with Crippen molar-refractivity contribution in [3.05, 3.63) is 28.3 Å². The lowest BCUT2D eigenvalue weighted by Crippen LogP contribution is -2.30. The lowest BCUT2D eigenvalue weighted by atomic mass is 9.78. The fourth-order valence-corrected chi connectivity index (χ4v) is 3.69. The highest BCUT2D eigenvalue weighted by Crippen LogP contribution is 2.22. The van der Waals surface area contributed by atoms with E-state index in [1.54, 1.807) is 12.1 Å². The van der Waals surface area contributed by atoms with Crippen molar-refractivity contribution in [2.75, 3.05) is 19.6 Å². The van der Waals surface area contributed by atoms with Gasteiger partial charge in [-0.2, -0.15) is 0 Å². The number of carbonyl (C=O) groups excluding carboxylic acids is 1. The molecule has 23 heavy (non-hydrogen) atoms. The Morgan fingerprint density at radius 1 is 1.26 bits per heavy atom. The van der Waals surface area contributed by atoms with Gasteiger partial charge in [0.05, 0.1) is 11.6 Å². The van der Waals surface area contributed by atoms with Crippen LogP contribution in [0.1, 0.15) is 54.4 Å². The first kappa shape index (κ1) is 17.0. The molecule has 1 saturated heterocycles. The van der Waals surface area contributed by atoms with Crippen molar-refractivity contribution < 1.29 is 14.5 Å². The first-order valence-electron chi connectivity index (χ1n) is 8.52. The number of fused-ring (bicyclic) bond motifs is 1. The van der Waals surface area contributed by atoms with Crippen LogP contribution in [0, 0.1) is 0 Å². The molecule has 2 aliphatic rings. The highest BCUT2D eigenvalue weighted by Gasteiger charge is 2.29. The Morgan fingerprint density at radius 3 is 2.83 bits per heavy atom. The van der Waals surface area contributed by atoms with Gasteiger partial charge < -0.3 is 14.6 Å². The number of hydrogen-bond acceptors (Lipinski definition) is 4. The first-order valence-corrected chi connectivity index (χ1v) is 8.90. The minimum absolute atomic E-state index is 0.0514. The predicted molar refractivity (Wildman–Crippen MR) is 92.3 cm³/mol. The highest BCUT2D eigenvalue weighted by molar-refractivity contribution is 6.61. The van der Waals surface area contributed by atoms with E-state index in [9.17, 15) is 9.82 Å². The fourth-order valence-electron chi connectivity index (χ4n) is 3.40. The van der Waals surface area contributed by atoms with Crippen LogP contribution in [0.15, 0.2) is 12.1 Å². The summed E-state index contributed by atoms with van der Waals surface area (Å²) in [6.45, 7) is 3.82. The van der Waals surface area contributed by atoms with Crippen LogP contribution in [0.3, 0.4) is 0 Å². The van der Waals surface area contributed by atoms with E-state index < -0.39 is 7.12 Å². The summed E-state index contributed by atoms with van der Waals surface area (Å²) in [4.78, 5) is 14.9. The van der Waals surface area contributed by atoms with Crippen molar-refractivity contribution in [1.82, 2.24) is 4.90 Å². The van der Waals surface area contributed by atoms with Crippen molar-refractivity contribution in [2.45, 2.75) is 45.1 Å². The van der Waals surface area contributed by atoms with E-state index in [1.165, 1.54) is 32.4 Å². The van der Waals surface area contributed by atoms with Crippen molar-refractivity contribution in [2.24, 2.45) is 0 Å². The van der Waals surface area contributed by atoms with Gasteiger partial charge >= 0.3 is 7.12 Å². The third-order valence-electron chi connectivity index (χ3n) is 4.77. The van der Waals surface area contributed by atoms with Gasteiger partial charge in [0.25, 0.3) is 0 Å². The number of likely N-dealkylation sites (tertiary alicyclic amines) is 1. The van der Waals surface area contributed by atoms with Crippen LogP contribution >= 0.6 is 11.6 Å². The molecule has 0 unspecified atom stereocenters. The molecule has 4 nitrogen and oxygen atoms in total. The molecule has 0 atom stereocenters. The van der Waals surface area contributed by atoms with Gasteiger partial charge in [0.2, 0.25) is 0 Å². The molecule has 0 radical (unpaired) electrons. The van der Waals surface area contributed by atoms with E-state index in [2.05, 4.69) is 4.90 Å². The average molecular weight is 336 g/mol. The van der Waals surface area contributed by atoms with Crippen molar-refractivity contribution in [1.29, 1.82) is 0 Å². The molecule has 0 saturated carbocycles. The lowest BCUT2D eigenvalue weighted by molar-refractivity contribution is 0.0977. The minimum Gasteiger partial charge on any atom is -0.423 e. The second-order valence-electron chi connectivity index (χ2n) is 6.48. The predicted octanol–water partition coefficient (Wildman–Crippen LogP) is 2.40. The summed E-state index contributed by atoms with van der Waals surface area (Å²) < 4.78 is 5.16. The van der Waals surface area contributed by atoms with Gasteiger partial charge in [-0.05, 0) is 68.5 Å². The van der Waals surface area contributed by atoms with Gasteiger partial charge in [-0.1, -0.05) is 18.0 Å². The van der Waals surface area contributed by atoms with Gasteiger partial charge in [0.1, 0.15) is 0 Å². The van der Waals surface area contributed by atoms with Gasteiger partial charge in [0, 0.05) is 12.0 Å². The molecular formula is C17H23BClNO3. The number of hydrogen-bond donors (Lipinski definition) is 1. The summed E-state index contributed by atoms with van der Waals surface area (Å²) in [6, 6.07) is 3.44. The quantitative estimate of drug-likeness (QED) is 0.493. The van der Waals surface area contributed by atoms with Crippen LogP contribution in [0.25, 0.3) is 0 Å². The molecular weight excluding hydrogens is 312 g/mol. The van der Waals surface area contributed by atoms with E-state index >= 15 is 0 Å². The Morgan fingerprint density at radius 2 is 2.04 bits per heavy atom. The maximum atomic E-state index is 12.4. The van der Waals surface area contributed by atoms with Crippen LogP contribution in [-0.2, 0) is 11.3 Å². The summed E-state index contributed by atoms with van der Waals surface area (Å²) in [7, 11) is -0.937. The zero-order valence-corrected chi connectivity index (χ0v) is 14.1. The molecule has 3 rings (SSSR count). The standard InChI is InChI=1S/C17H23BClNO3/c19-16-10-13-12-23-18(22)15(13)11-14(16)17(21)6-2-5-9-20-7-3-1-4-8-20/h10-11,22H,1-9,12H2. The Hall–Kier alpha value is -0.875. The molecule has 0 bridgehead atoms. The Balaban J connectivity index is 1.51. The molecule has 6 heteroatoms. The van der Waals surface area contributed by atoms with E-state index in [1.807, 2.05) is 0 Å².